The first kappa shape index (κ1) is 24.4. The van der Waals surface area contributed by atoms with Gasteiger partial charge in [-0.2, -0.15) is 0 Å². The van der Waals surface area contributed by atoms with E-state index in [2.05, 4.69) is 27.8 Å². The topological polar surface area (TPSA) is 97.5 Å². The van der Waals surface area contributed by atoms with Gasteiger partial charge in [0, 0.05) is 36.6 Å². The number of aromatic nitrogens is 3. The smallest absolute Gasteiger partial charge is 0.354 e. The average Bonchev–Trinajstić information content (AvgIpc) is 3.27. The summed E-state index contributed by atoms with van der Waals surface area (Å²) in [6, 6.07) is 24.9. The van der Waals surface area contributed by atoms with Crippen molar-refractivity contribution in [3.05, 3.63) is 119 Å². The van der Waals surface area contributed by atoms with Crippen LogP contribution in [0, 0.1) is 0 Å². The number of hydrogen-bond donors (Lipinski definition) is 1. The Morgan fingerprint density at radius 1 is 0.872 bits per heavy atom. The molecule has 0 radical (unpaired) electrons. The first-order chi connectivity index (χ1) is 19.0. The largest absolute Gasteiger partial charge is 0.477 e. The van der Waals surface area contributed by atoms with E-state index in [1.165, 1.54) is 17.8 Å². The van der Waals surface area contributed by atoms with Gasteiger partial charge in [-0.05, 0) is 65.6 Å². The maximum absolute atomic E-state index is 13.2. The van der Waals surface area contributed by atoms with E-state index >= 15 is 0 Å². The molecule has 1 aliphatic heterocycles. The van der Waals surface area contributed by atoms with E-state index in [0.29, 0.717) is 25.2 Å². The zero-order valence-corrected chi connectivity index (χ0v) is 21.2. The normalized spacial score (nSPS) is 12.8. The number of para-hydroxylation sites is 1. The van der Waals surface area contributed by atoms with Crippen molar-refractivity contribution in [2.45, 2.75) is 25.9 Å². The van der Waals surface area contributed by atoms with Crippen molar-refractivity contribution in [2.75, 3.05) is 6.54 Å². The second-order valence-corrected chi connectivity index (χ2v) is 9.54. The van der Waals surface area contributed by atoms with E-state index in [1.54, 1.807) is 12.3 Å². The number of pyridine rings is 2. The highest BCUT2D eigenvalue weighted by Gasteiger charge is 2.27. The number of carboxylic acid groups (broad SMARTS) is 1. The fraction of sp³-hybridized carbons (Fsp3) is 0.161. The summed E-state index contributed by atoms with van der Waals surface area (Å²) in [4.78, 5) is 34.8. The van der Waals surface area contributed by atoms with E-state index < -0.39 is 5.97 Å². The van der Waals surface area contributed by atoms with E-state index in [-0.39, 0.29) is 18.0 Å². The number of carboxylic acids is 1. The monoisotopic (exact) mass is 518 g/mol. The first-order valence-electron chi connectivity index (χ1n) is 12.8. The molecule has 0 saturated heterocycles. The number of benzene rings is 2. The van der Waals surface area contributed by atoms with Gasteiger partial charge in [0.25, 0.3) is 0 Å². The third kappa shape index (κ3) is 5.09. The van der Waals surface area contributed by atoms with Crippen LogP contribution in [0.4, 0.5) is 0 Å². The highest BCUT2D eigenvalue weighted by molar-refractivity contribution is 5.86. The molecule has 4 heterocycles. The molecule has 0 unspecified atom stereocenters. The van der Waals surface area contributed by atoms with Gasteiger partial charge in [-0.1, -0.05) is 36.4 Å². The summed E-state index contributed by atoms with van der Waals surface area (Å²) < 4.78 is 8.15. The SMILES string of the molecule is O=C(O)c1ccc(CC(=O)N2CCc3c(n(Cc4ccc(Oc5ccccc5)cc4)c4ncccc34)C2)cn1. The summed E-state index contributed by atoms with van der Waals surface area (Å²) in [6.45, 7) is 1.73. The summed E-state index contributed by atoms with van der Waals surface area (Å²) in [7, 11) is 0. The Hall–Kier alpha value is -4.98. The molecule has 0 spiro atoms. The molecule has 1 aliphatic rings. The number of ether oxygens (including phenoxy) is 1. The van der Waals surface area contributed by atoms with Crippen molar-refractivity contribution in [3.63, 3.8) is 0 Å². The third-order valence-electron chi connectivity index (χ3n) is 7.01. The molecule has 5 aromatic rings. The summed E-state index contributed by atoms with van der Waals surface area (Å²) >= 11 is 0. The molecule has 8 nitrogen and oxygen atoms in total. The second kappa shape index (κ2) is 10.4. The fourth-order valence-electron chi connectivity index (χ4n) is 5.06. The Kier molecular flexibility index (Phi) is 6.50. The molecule has 8 heteroatoms. The number of nitrogens with zero attached hydrogens (tertiary/aromatic N) is 4. The van der Waals surface area contributed by atoms with Crippen molar-refractivity contribution >= 4 is 22.9 Å². The van der Waals surface area contributed by atoms with Crippen LogP contribution in [0.3, 0.4) is 0 Å². The Morgan fingerprint density at radius 3 is 2.38 bits per heavy atom. The second-order valence-electron chi connectivity index (χ2n) is 9.54. The minimum atomic E-state index is -1.09. The molecule has 0 aliphatic carbocycles. The van der Waals surface area contributed by atoms with Crippen molar-refractivity contribution in [1.82, 2.24) is 19.4 Å². The standard InChI is InChI=1S/C31H26N4O4/c36-29(17-22-10-13-27(31(37)38)33-18-22)34-16-14-25-26-7-4-15-32-30(26)35(28(25)20-34)19-21-8-11-24(12-9-21)39-23-5-2-1-3-6-23/h1-13,15,18H,14,16-17,19-20H2,(H,37,38). The highest BCUT2D eigenvalue weighted by Crippen LogP contribution is 2.31. The maximum atomic E-state index is 13.2. The molecule has 3 aromatic heterocycles. The lowest BCUT2D eigenvalue weighted by molar-refractivity contribution is -0.131. The minimum absolute atomic E-state index is 0.0160. The van der Waals surface area contributed by atoms with Crippen LogP contribution in [0.1, 0.15) is 32.9 Å². The molecular formula is C31H26N4O4. The fourth-order valence-corrected chi connectivity index (χ4v) is 5.06. The Labute approximate surface area is 225 Å². The number of rotatable bonds is 7. The van der Waals surface area contributed by atoms with Gasteiger partial charge < -0.3 is 19.3 Å². The predicted octanol–water partition coefficient (Wildman–Crippen LogP) is 5.10. The number of carbonyl (C=O) groups is 2. The number of amides is 1. The van der Waals surface area contributed by atoms with E-state index in [9.17, 15) is 9.59 Å². The van der Waals surface area contributed by atoms with Crippen molar-refractivity contribution in [2.24, 2.45) is 0 Å². The first-order valence-corrected chi connectivity index (χ1v) is 12.8. The summed E-state index contributed by atoms with van der Waals surface area (Å²) in [5.41, 5.74) is 5.00. The number of carbonyl (C=O) groups excluding carboxylic acids is 1. The molecule has 0 atom stereocenters. The highest BCUT2D eigenvalue weighted by atomic mass is 16.5. The molecule has 2 aromatic carbocycles. The van der Waals surface area contributed by atoms with Gasteiger partial charge >= 0.3 is 5.97 Å². The molecule has 0 saturated carbocycles. The predicted molar refractivity (Wildman–Crippen MR) is 146 cm³/mol. The quantitative estimate of drug-likeness (QED) is 0.322. The van der Waals surface area contributed by atoms with Crippen LogP contribution in [0.25, 0.3) is 11.0 Å². The zero-order valence-electron chi connectivity index (χ0n) is 21.2. The lowest BCUT2D eigenvalue weighted by Crippen LogP contribution is -2.37. The molecule has 6 rings (SSSR count). The van der Waals surface area contributed by atoms with Crippen molar-refractivity contribution in [1.29, 1.82) is 0 Å². The molecule has 194 valence electrons. The Balaban J connectivity index is 1.23. The Bertz CT molecular complexity index is 1640. The van der Waals surface area contributed by atoms with Crippen LogP contribution in [0.2, 0.25) is 0 Å². The van der Waals surface area contributed by atoms with Crippen LogP contribution in [0.5, 0.6) is 11.5 Å². The van der Waals surface area contributed by atoms with E-state index in [1.807, 2.05) is 53.4 Å². The van der Waals surface area contributed by atoms with Gasteiger partial charge in [0.1, 0.15) is 22.8 Å². The van der Waals surface area contributed by atoms with Gasteiger partial charge in [0.15, 0.2) is 0 Å². The minimum Gasteiger partial charge on any atom is -0.477 e. The average molecular weight is 519 g/mol. The third-order valence-corrected chi connectivity index (χ3v) is 7.01. The molecule has 1 N–H and O–H groups in total. The number of hydrogen-bond acceptors (Lipinski definition) is 5. The van der Waals surface area contributed by atoms with Crippen molar-refractivity contribution in [3.8, 4) is 11.5 Å². The van der Waals surface area contributed by atoms with Crippen LogP contribution in [0.15, 0.2) is 91.3 Å². The van der Waals surface area contributed by atoms with Crippen LogP contribution in [-0.2, 0) is 30.7 Å². The number of aromatic carboxylic acids is 1. The molecule has 39 heavy (non-hydrogen) atoms. The van der Waals surface area contributed by atoms with Gasteiger partial charge in [-0.25, -0.2) is 14.8 Å². The van der Waals surface area contributed by atoms with Crippen molar-refractivity contribution < 1.29 is 19.4 Å². The summed E-state index contributed by atoms with van der Waals surface area (Å²) in [5.74, 6) is 0.456. The summed E-state index contributed by atoms with van der Waals surface area (Å²) in [5, 5.41) is 10.2. The summed E-state index contributed by atoms with van der Waals surface area (Å²) in [6.07, 6.45) is 4.18. The molecule has 1 amide bonds. The van der Waals surface area contributed by atoms with E-state index in [4.69, 9.17) is 14.8 Å². The lowest BCUT2D eigenvalue weighted by Gasteiger charge is -2.28. The number of fused-ring (bicyclic) bond motifs is 3. The Morgan fingerprint density at radius 2 is 1.64 bits per heavy atom. The van der Waals surface area contributed by atoms with Gasteiger partial charge in [-0.3, -0.25) is 4.79 Å². The lowest BCUT2D eigenvalue weighted by atomic mass is 10.0. The van der Waals surface area contributed by atoms with Gasteiger partial charge in [0.2, 0.25) is 5.91 Å². The molecular weight excluding hydrogens is 492 g/mol. The van der Waals surface area contributed by atoms with E-state index in [0.717, 1.165) is 40.2 Å². The maximum Gasteiger partial charge on any atom is 0.354 e. The van der Waals surface area contributed by atoms with Crippen LogP contribution >= 0.6 is 0 Å². The van der Waals surface area contributed by atoms with Crippen LogP contribution in [-0.4, -0.2) is 43.0 Å². The molecule has 0 fully saturated rings. The zero-order chi connectivity index (χ0) is 26.8. The van der Waals surface area contributed by atoms with Gasteiger partial charge in [0.05, 0.1) is 13.0 Å². The molecule has 0 bridgehead atoms. The van der Waals surface area contributed by atoms with Crippen LogP contribution < -0.4 is 4.74 Å². The van der Waals surface area contributed by atoms with Gasteiger partial charge in [-0.15, -0.1) is 0 Å².